The van der Waals surface area contributed by atoms with E-state index in [0.717, 1.165) is 18.5 Å². The van der Waals surface area contributed by atoms with Gasteiger partial charge < -0.3 is 4.90 Å². The maximum Gasteiger partial charge on any atom is 0.227 e. The van der Waals surface area contributed by atoms with Crippen LogP contribution in [0, 0.1) is 13.8 Å². The number of aryl methyl sites for hydroxylation is 2. The van der Waals surface area contributed by atoms with Gasteiger partial charge in [0.15, 0.2) is 0 Å². The lowest BCUT2D eigenvalue weighted by molar-refractivity contribution is -0.129. The molecule has 0 aliphatic heterocycles. The Bertz CT molecular complexity index is 661. The smallest absolute Gasteiger partial charge is 0.227 e. The zero-order valence-electron chi connectivity index (χ0n) is 14.1. The first-order valence-corrected chi connectivity index (χ1v) is 8.09. The Hall–Kier alpha value is -2.35. The summed E-state index contributed by atoms with van der Waals surface area (Å²) in [6.07, 6.45) is 3.12. The fraction of sp³-hybridized carbons (Fsp3) is 0.286. The second-order valence-corrected chi connectivity index (χ2v) is 5.97. The number of hydrogen-bond acceptors (Lipinski definition) is 1. The molecular formula is C21H25NO. The molecule has 0 radical (unpaired) electrons. The van der Waals surface area contributed by atoms with Crippen molar-refractivity contribution in [2.45, 2.75) is 26.7 Å². The van der Waals surface area contributed by atoms with Gasteiger partial charge in [-0.1, -0.05) is 60.2 Å². The Kier molecular flexibility index (Phi) is 6.16. The van der Waals surface area contributed by atoms with Crippen molar-refractivity contribution in [3.8, 4) is 0 Å². The lowest BCUT2D eigenvalue weighted by atomic mass is 10.0. The third-order valence-corrected chi connectivity index (χ3v) is 4.06. The summed E-state index contributed by atoms with van der Waals surface area (Å²) in [5.41, 5.74) is 4.73. The predicted molar refractivity (Wildman–Crippen MR) is 96.5 cm³/mol. The highest BCUT2D eigenvalue weighted by Crippen LogP contribution is 2.13. The van der Waals surface area contributed by atoms with Gasteiger partial charge in [-0.05, 0) is 37.0 Å². The van der Waals surface area contributed by atoms with E-state index in [4.69, 9.17) is 0 Å². The van der Waals surface area contributed by atoms with E-state index in [1.807, 2.05) is 23.1 Å². The van der Waals surface area contributed by atoms with Crippen LogP contribution in [0.2, 0.25) is 0 Å². The van der Waals surface area contributed by atoms with Crippen LogP contribution >= 0.6 is 0 Å². The molecule has 2 rings (SSSR count). The summed E-state index contributed by atoms with van der Waals surface area (Å²) in [5.74, 6) is 0.162. The molecule has 0 aromatic heterocycles. The van der Waals surface area contributed by atoms with Gasteiger partial charge in [-0.3, -0.25) is 4.79 Å². The summed E-state index contributed by atoms with van der Waals surface area (Å²) in [6.45, 7) is 9.22. The van der Waals surface area contributed by atoms with Crippen LogP contribution < -0.4 is 0 Å². The Labute approximate surface area is 139 Å². The second kappa shape index (κ2) is 8.33. The van der Waals surface area contributed by atoms with Crippen LogP contribution in [0.3, 0.4) is 0 Å². The molecule has 2 aromatic rings. The van der Waals surface area contributed by atoms with Crippen LogP contribution in [-0.2, 0) is 17.6 Å². The number of rotatable bonds is 7. The number of nitrogens with zero attached hydrogens (tertiary/aromatic N) is 1. The molecule has 0 unspecified atom stereocenters. The van der Waals surface area contributed by atoms with E-state index in [1.54, 1.807) is 6.08 Å². The standard InChI is InChI=1S/C21H25NO/c1-4-13-22(14-12-19-8-6-5-7-9-19)21(23)16-20-15-17(2)10-11-18(20)3/h4-11,15H,1,12-14,16H2,2-3H3. The predicted octanol–water partition coefficient (Wildman–Crippen LogP) is 4.10. The monoisotopic (exact) mass is 307 g/mol. The lowest BCUT2D eigenvalue weighted by Gasteiger charge is -2.22. The van der Waals surface area contributed by atoms with Crippen molar-refractivity contribution < 1.29 is 4.79 Å². The molecule has 0 aliphatic carbocycles. The highest BCUT2D eigenvalue weighted by Gasteiger charge is 2.14. The van der Waals surface area contributed by atoms with Gasteiger partial charge >= 0.3 is 0 Å². The molecule has 120 valence electrons. The maximum atomic E-state index is 12.7. The normalized spacial score (nSPS) is 10.3. The van der Waals surface area contributed by atoms with Crippen LogP contribution in [0.1, 0.15) is 22.3 Å². The first-order valence-electron chi connectivity index (χ1n) is 8.09. The van der Waals surface area contributed by atoms with Gasteiger partial charge in [0.1, 0.15) is 0 Å². The van der Waals surface area contributed by atoms with Gasteiger partial charge in [0, 0.05) is 13.1 Å². The van der Waals surface area contributed by atoms with E-state index in [9.17, 15) is 4.79 Å². The third kappa shape index (κ3) is 5.10. The topological polar surface area (TPSA) is 20.3 Å². The molecule has 0 aliphatic rings. The van der Waals surface area contributed by atoms with E-state index in [2.05, 4.69) is 50.8 Å². The van der Waals surface area contributed by atoms with Crippen molar-refractivity contribution in [3.05, 3.63) is 83.4 Å². The summed E-state index contributed by atoms with van der Waals surface area (Å²) >= 11 is 0. The van der Waals surface area contributed by atoms with Gasteiger partial charge in [0.2, 0.25) is 5.91 Å². The van der Waals surface area contributed by atoms with Gasteiger partial charge in [-0.15, -0.1) is 6.58 Å². The van der Waals surface area contributed by atoms with E-state index >= 15 is 0 Å². The molecule has 2 nitrogen and oxygen atoms in total. The summed E-state index contributed by atoms with van der Waals surface area (Å²) in [5, 5.41) is 0. The van der Waals surface area contributed by atoms with Crippen molar-refractivity contribution in [2.24, 2.45) is 0 Å². The van der Waals surface area contributed by atoms with E-state index in [0.29, 0.717) is 13.0 Å². The Morgan fingerprint density at radius 3 is 2.57 bits per heavy atom. The molecule has 0 spiro atoms. The Morgan fingerprint density at radius 2 is 1.87 bits per heavy atom. The van der Waals surface area contributed by atoms with Crippen molar-refractivity contribution >= 4 is 5.91 Å². The van der Waals surface area contributed by atoms with Crippen LogP contribution in [0.5, 0.6) is 0 Å². The lowest BCUT2D eigenvalue weighted by Crippen LogP contribution is -2.34. The molecule has 2 heteroatoms. The van der Waals surface area contributed by atoms with Crippen LogP contribution in [-0.4, -0.2) is 23.9 Å². The van der Waals surface area contributed by atoms with Crippen LogP contribution in [0.25, 0.3) is 0 Å². The van der Waals surface area contributed by atoms with Gasteiger partial charge in [-0.25, -0.2) is 0 Å². The largest absolute Gasteiger partial charge is 0.338 e. The van der Waals surface area contributed by atoms with Gasteiger partial charge in [0.25, 0.3) is 0 Å². The van der Waals surface area contributed by atoms with Crippen molar-refractivity contribution in [1.29, 1.82) is 0 Å². The zero-order valence-corrected chi connectivity index (χ0v) is 14.1. The number of hydrogen-bond donors (Lipinski definition) is 0. The minimum absolute atomic E-state index is 0.162. The highest BCUT2D eigenvalue weighted by molar-refractivity contribution is 5.79. The molecule has 0 fully saturated rings. The number of amides is 1. The first kappa shape index (κ1) is 17.0. The number of carbonyl (C=O) groups excluding carboxylic acids is 1. The minimum atomic E-state index is 0.162. The fourth-order valence-electron chi connectivity index (χ4n) is 2.65. The molecule has 23 heavy (non-hydrogen) atoms. The summed E-state index contributed by atoms with van der Waals surface area (Å²) < 4.78 is 0. The van der Waals surface area contributed by atoms with Crippen LogP contribution in [0.15, 0.2) is 61.2 Å². The van der Waals surface area contributed by atoms with Gasteiger partial charge in [0.05, 0.1) is 6.42 Å². The van der Waals surface area contributed by atoms with Gasteiger partial charge in [-0.2, -0.15) is 0 Å². The first-order chi connectivity index (χ1) is 11.1. The van der Waals surface area contributed by atoms with E-state index in [1.165, 1.54) is 16.7 Å². The summed E-state index contributed by atoms with van der Waals surface area (Å²) in [4.78, 5) is 14.6. The molecule has 0 saturated heterocycles. The number of benzene rings is 2. The Balaban J connectivity index is 2.03. The fourth-order valence-corrected chi connectivity index (χ4v) is 2.65. The van der Waals surface area contributed by atoms with Crippen molar-refractivity contribution in [2.75, 3.05) is 13.1 Å². The molecular weight excluding hydrogens is 282 g/mol. The van der Waals surface area contributed by atoms with Crippen molar-refractivity contribution in [1.82, 2.24) is 4.90 Å². The van der Waals surface area contributed by atoms with E-state index in [-0.39, 0.29) is 5.91 Å². The molecule has 0 bridgehead atoms. The van der Waals surface area contributed by atoms with Crippen LogP contribution in [0.4, 0.5) is 0 Å². The highest BCUT2D eigenvalue weighted by atomic mass is 16.2. The molecule has 0 saturated carbocycles. The number of carbonyl (C=O) groups is 1. The minimum Gasteiger partial charge on any atom is -0.338 e. The quantitative estimate of drug-likeness (QED) is 0.705. The second-order valence-electron chi connectivity index (χ2n) is 5.97. The van der Waals surface area contributed by atoms with E-state index < -0.39 is 0 Å². The average Bonchev–Trinajstić information content (AvgIpc) is 2.55. The molecule has 0 N–H and O–H groups in total. The average molecular weight is 307 g/mol. The Morgan fingerprint density at radius 1 is 1.13 bits per heavy atom. The zero-order chi connectivity index (χ0) is 16.7. The molecule has 0 atom stereocenters. The van der Waals surface area contributed by atoms with Crippen molar-refractivity contribution in [3.63, 3.8) is 0 Å². The SMILES string of the molecule is C=CCN(CCc1ccccc1)C(=O)Cc1cc(C)ccc1C. The summed E-state index contributed by atoms with van der Waals surface area (Å²) in [6, 6.07) is 16.5. The molecule has 1 amide bonds. The molecule has 0 heterocycles. The third-order valence-electron chi connectivity index (χ3n) is 4.06. The molecule has 2 aromatic carbocycles. The maximum absolute atomic E-state index is 12.7. The summed E-state index contributed by atoms with van der Waals surface area (Å²) in [7, 11) is 0.